The molecule has 0 saturated carbocycles. The third kappa shape index (κ3) is 6.56. The van der Waals surface area contributed by atoms with Gasteiger partial charge in [0.05, 0.1) is 35.8 Å². The Morgan fingerprint density at radius 2 is 1.64 bits per heavy atom. The minimum Gasteiger partial charge on any atom is -0.463 e. The number of dihydropyridines is 1. The third-order valence-corrected chi connectivity index (χ3v) is 6.17. The average Bonchev–Trinajstić information content (AvgIpc) is 2.75. The monoisotopic (exact) mass is 485 g/mol. The lowest BCUT2D eigenvalue weighted by molar-refractivity contribution is -0.142. The number of benzene rings is 1. The lowest BCUT2D eigenvalue weighted by Gasteiger charge is -2.32. The number of unbranched alkanes of at least 4 members (excludes halogenated alkanes) is 1. The summed E-state index contributed by atoms with van der Waals surface area (Å²) in [5, 5.41) is 3.09. The first-order chi connectivity index (χ1) is 15.7. The van der Waals surface area contributed by atoms with Crippen molar-refractivity contribution < 1.29 is 32.2 Å². The van der Waals surface area contributed by atoms with Crippen LogP contribution < -0.4 is 5.32 Å². The number of hydrogen-bond acceptors (Lipinski definition) is 6. The largest absolute Gasteiger partial charge is 0.463 e. The zero-order valence-electron chi connectivity index (χ0n) is 19.3. The molecule has 1 atom stereocenters. The Morgan fingerprint density at radius 3 is 2.21 bits per heavy atom. The van der Waals surface area contributed by atoms with E-state index in [0.29, 0.717) is 17.1 Å². The molecule has 182 valence electrons. The molecule has 0 spiro atoms. The minimum atomic E-state index is -4.68. The smallest absolute Gasteiger partial charge is 0.416 e. The fourth-order valence-electron chi connectivity index (χ4n) is 3.68. The van der Waals surface area contributed by atoms with Crippen LogP contribution in [0.25, 0.3) is 0 Å². The second-order valence-electron chi connectivity index (χ2n) is 7.42. The molecule has 5 nitrogen and oxygen atoms in total. The second kappa shape index (κ2) is 12.2. The summed E-state index contributed by atoms with van der Waals surface area (Å²) in [4.78, 5) is 26.0. The number of carbonyl (C=O) groups is 2. The van der Waals surface area contributed by atoms with Crippen molar-refractivity contribution in [2.45, 2.75) is 52.6 Å². The minimum absolute atomic E-state index is 0.00574. The molecule has 0 aromatic heterocycles. The number of carbonyl (C=O) groups excluding carboxylic acids is 2. The number of allylic oxidation sites excluding steroid dienone is 1. The van der Waals surface area contributed by atoms with E-state index in [2.05, 4.69) is 12.2 Å². The Labute approximate surface area is 196 Å². The number of esters is 2. The number of nitrogens with one attached hydrogen (secondary N) is 1. The van der Waals surface area contributed by atoms with Crippen molar-refractivity contribution in [2.75, 3.05) is 24.7 Å². The van der Waals surface area contributed by atoms with Crippen molar-refractivity contribution in [2.24, 2.45) is 0 Å². The lowest BCUT2D eigenvalue weighted by atomic mass is 9.78. The van der Waals surface area contributed by atoms with Crippen LogP contribution in [0.1, 0.15) is 57.6 Å². The standard InChI is InChI=1S/C24H30F3NO4S/c1-5-8-13-33-14-18-21(23(30)32-7-3)20(19(15(4)28-18)22(29)31-6-2)16-11-9-10-12-17(16)24(25,26)27/h9-12,20,28H,5-8,13-14H2,1-4H3. The molecule has 1 heterocycles. The molecule has 0 amide bonds. The number of halogens is 3. The molecule has 1 aromatic rings. The molecule has 1 unspecified atom stereocenters. The Balaban J connectivity index is 2.75. The Morgan fingerprint density at radius 1 is 1.03 bits per heavy atom. The van der Waals surface area contributed by atoms with Gasteiger partial charge in [-0.1, -0.05) is 31.5 Å². The highest BCUT2D eigenvalue weighted by molar-refractivity contribution is 7.99. The highest BCUT2D eigenvalue weighted by Gasteiger charge is 2.43. The molecular formula is C24H30F3NO4S. The van der Waals surface area contributed by atoms with Crippen molar-refractivity contribution in [3.05, 3.63) is 57.9 Å². The van der Waals surface area contributed by atoms with E-state index in [9.17, 15) is 22.8 Å². The fraction of sp³-hybridized carbons (Fsp3) is 0.500. The van der Waals surface area contributed by atoms with Gasteiger partial charge in [0.15, 0.2) is 0 Å². The highest BCUT2D eigenvalue weighted by Crippen LogP contribution is 2.44. The summed E-state index contributed by atoms with van der Waals surface area (Å²) in [5.74, 6) is -1.61. The molecule has 1 aliphatic rings. The molecule has 2 rings (SSSR count). The molecule has 9 heteroatoms. The van der Waals surface area contributed by atoms with Gasteiger partial charge in [0.1, 0.15) is 0 Å². The number of ether oxygens (including phenoxy) is 2. The molecule has 33 heavy (non-hydrogen) atoms. The molecule has 0 saturated heterocycles. The molecule has 1 N–H and O–H groups in total. The topological polar surface area (TPSA) is 64.6 Å². The summed E-state index contributed by atoms with van der Waals surface area (Å²) >= 11 is 1.56. The van der Waals surface area contributed by atoms with Crippen molar-refractivity contribution in [1.29, 1.82) is 0 Å². The predicted molar refractivity (Wildman–Crippen MR) is 123 cm³/mol. The molecule has 0 aliphatic carbocycles. The summed E-state index contributed by atoms with van der Waals surface area (Å²) in [6, 6.07) is 4.99. The molecule has 1 aliphatic heterocycles. The second-order valence-corrected chi connectivity index (χ2v) is 8.53. The first kappa shape index (κ1) is 26.8. The van der Waals surface area contributed by atoms with Gasteiger partial charge >= 0.3 is 18.1 Å². The van der Waals surface area contributed by atoms with E-state index in [-0.39, 0.29) is 29.9 Å². The van der Waals surface area contributed by atoms with Crippen LogP contribution in [-0.2, 0) is 25.2 Å². The first-order valence-electron chi connectivity index (χ1n) is 11.0. The van der Waals surface area contributed by atoms with E-state index in [1.807, 2.05) is 0 Å². The van der Waals surface area contributed by atoms with E-state index in [4.69, 9.17) is 9.47 Å². The van der Waals surface area contributed by atoms with Crippen LogP contribution in [0.4, 0.5) is 13.2 Å². The summed E-state index contributed by atoms with van der Waals surface area (Å²) in [5.41, 5.74) is -0.318. The van der Waals surface area contributed by atoms with Crippen LogP contribution in [-0.4, -0.2) is 36.7 Å². The Bertz CT molecular complexity index is 925. The normalized spacial score (nSPS) is 16.5. The van der Waals surface area contributed by atoms with Gasteiger partial charge in [0.2, 0.25) is 0 Å². The van der Waals surface area contributed by atoms with Crippen molar-refractivity contribution >= 4 is 23.7 Å². The van der Waals surface area contributed by atoms with Gasteiger partial charge in [-0.3, -0.25) is 0 Å². The molecule has 0 bridgehead atoms. The lowest BCUT2D eigenvalue weighted by Crippen LogP contribution is -2.35. The molecular weight excluding hydrogens is 455 g/mol. The maximum absolute atomic E-state index is 14.0. The maximum Gasteiger partial charge on any atom is 0.416 e. The van der Waals surface area contributed by atoms with Gasteiger partial charge in [-0.25, -0.2) is 9.59 Å². The molecule has 0 radical (unpaired) electrons. The van der Waals surface area contributed by atoms with E-state index in [1.54, 1.807) is 32.5 Å². The van der Waals surface area contributed by atoms with Crippen LogP contribution in [0, 0.1) is 0 Å². The quantitative estimate of drug-likeness (QED) is 0.345. The highest BCUT2D eigenvalue weighted by atomic mass is 32.2. The zero-order chi connectivity index (χ0) is 24.6. The fourth-order valence-corrected chi connectivity index (χ4v) is 4.75. The summed E-state index contributed by atoms with van der Waals surface area (Å²) in [6.07, 6.45) is -2.71. The van der Waals surface area contributed by atoms with Crippen molar-refractivity contribution in [3.63, 3.8) is 0 Å². The van der Waals surface area contributed by atoms with E-state index >= 15 is 0 Å². The van der Waals surface area contributed by atoms with Gasteiger partial charge in [0, 0.05) is 17.1 Å². The first-order valence-corrected chi connectivity index (χ1v) is 12.1. The number of thioether (sulfide) groups is 1. The van der Waals surface area contributed by atoms with Gasteiger partial charge in [-0.2, -0.15) is 24.9 Å². The van der Waals surface area contributed by atoms with Crippen LogP contribution in [0.15, 0.2) is 46.8 Å². The summed E-state index contributed by atoms with van der Waals surface area (Å²) in [7, 11) is 0. The van der Waals surface area contributed by atoms with Crippen LogP contribution in [0.5, 0.6) is 0 Å². The van der Waals surface area contributed by atoms with Gasteiger partial charge in [0.25, 0.3) is 0 Å². The van der Waals surface area contributed by atoms with E-state index in [1.165, 1.54) is 18.2 Å². The Hall–Kier alpha value is -2.42. The van der Waals surface area contributed by atoms with Gasteiger partial charge in [-0.05, 0) is 44.6 Å². The van der Waals surface area contributed by atoms with Crippen LogP contribution in [0.3, 0.4) is 0 Å². The predicted octanol–water partition coefficient (Wildman–Crippen LogP) is 5.58. The average molecular weight is 486 g/mol. The van der Waals surface area contributed by atoms with Crippen molar-refractivity contribution in [3.8, 4) is 0 Å². The number of hydrogen-bond donors (Lipinski definition) is 1. The number of alkyl halides is 3. The van der Waals surface area contributed by atoms with Gasteiger partial charge < -0.3 is 14.8 Å². The SMILES string of the molecule is CCCCSCC1=C(C(=O)OCC)C(c2ccccc2C(F)(F)F)C(C(=O)OCC)=C(C)N1. The van der Waals surface area contributed by atoms with E-state index < -0.39 is 29.6 Å². The third-order valence-electron chi connectivity index (χ3n) is 5.10. The van der Waals surface area contributed by atoms with Crippen LogP contribution in [0.2, 0.25) is 0 Å². The van der Waals surface area contributed by atoms with Crippen LogP contribution >= 0.6 is 11.8 Å². The molecule has 0 fully saturated rings. The maximum atomic E-state index is 14.0. The van der Waals surface area contributed by atoms with Crippen molar-refractivity contribution in [1.82, 2.24) is 5.32 Å². The van der Waals surface area contributed by atoms with Gasteiger partial charge in [-0.15, -0.1) is 0 Å². The summed E-state index contributed by atoms with van der Waals surface area (Å²) < 4.78 is 52.3. The van der Waals surface area contributed by atoms with E-state index in [0.717, 1.165) is 24.7 Å². The Kier molecular flexibility index (Phi) is 9.88. The number of rotatable bonds is 10. The molecule has 1 aromatic carbocycles. The zero-order valence-corrected chi connectivity index (χ0v) is 20.1. The summed E-state index contributed by atoms with van der Waals surface area (Å²) in [6.45, 7) is 6.99.